The minimum absolute atomic E-state index is 0.353. The molecule has 6 nitrogen and oxygen atoms in total. The van der Waals surface area contributed by atoms with Crippen molar-refractivity contribution in [1.82, 2.24) is 10.3 Å². The second kappa shape index (κ2) is 6.88. The van der Waals surface area contributed by atoms with Gasteiger partial charge in [-0.3, -0.25) is 4.98 Å². The molecule has 1 aromatic heterocycles. The molecular formula is C18H22N4O2. The quantitative estimate of drug-likeness (QED) is 0.809. The lowest BCUT2D eigenvalue weighted by Crippen LogP contribution is -2.41. The monoisotopic (exact) mass is 326 g/mol. The van der Waals surface area contributed by atoms with Gasteiger partial charge < -0.3 is 20.6 Å². The lowest BCUT2D eigenvalue weighted by Gasteiger charge is -2.31. The summed E-state index contributed by atoms with van der Waals surface area (Å²) in [5.74, 6) is 0. The van der Waals surface area contributed by atoms with Crippen molar-refractivity contribution in [2.45, 2.75) is 25.0 Å². The molecule has 0 fully saturated rings. The van der Waals surface area contributed by atoms with Gasteiger partial charge in [0.15, 0.2) is 0 Å². The molecule has 2 amide bonds. The van der Waals surface area contributed by atoms with Crippen LogP contribution in [-0.4, -0.2) is 36.3 Å². The molecule has 3 N–H and O–H groups in total. The SMILES string of the molecule is CN(C)c1cncc(NC(=O)N[C@H]2c3ccccc3CC[C@H]2O)c1. The van der Waals surface area contributed by atoms with Crippen molar-refractivity contribution >= 4 is 17.4 Å². The Labute approximate surface area is 141 Å². The second-order valence-electron chi connectivity index (χ2n) is 6.21. The zero-order chi connectivity index (χ0) is 17.1. The summed E-state index contributed by atoms with van der Waals surface area (Å²) in [6.45, 7) is 0. The molecule has 3 rings (SSSR count). The number of benzene rings is 1. The van der Waals surface area contributed by atoms with Crippen LogP contribution >= 0.6 is 0 Å². The van der Waals surface area contributed by atoms with Gasteiger partial charge in [0.25, 0.3) is 0 Å². The Kier molecular flexibility index (Phi) is 4.66. The highest BCUT2D eigenvalue weighted by atomic mass is 16.3. The number of pyridine rings is 1. The minimum Gasteiger partial charge on any atom is -0.391 e. The fraction of sp³-hybridized carbons (Fsp3) is 0.333. The maximum absolute atomic E-state index is 12.3. The zero-order valence-electron chi connectivity index (χ0n) is 13.9. The largest absolute Gasteiger partial charge is 0.391 e. The van der Waals surface area contributed by atoms with E-state index in [0.717, 1.165) is 17.7 Å². The molecule has 2 atom stereocenters. The van der Waals surface area contributed by atoms with E-state index in [1.165, 1.54) is 5.56 Å². The predicted molar refractivity (Wildman–Crippen MR) is 94.2 cm³/mol. The smallest absolute Gasteiger partial charge is 0.319 e. The summed E-state index contributed by atoms with van der Waals surface area (Å²) < 4.78 is 0. The average Bonchev–Trinajstić information content (AvgIpc) is 2.57. The summed E-state index contributed by atoms with van der Waals surface area (Å²) in [5.41, 5.74) is 3.66. The number of carbonyl (C=O) groups excluding carboxylic acids is 1. The van der Waals surface area contributed by atoms with Gasteiger partial charge in [0, 0.05) is 14.1 Å². The Morgan fingerprint density at radius 2 is 2.08 bits per heavy atom. The van der Waals surface area contributed by atoms with E-state index in [1.807, 2.05) is 49.3 Å². The van der Waals surface area contributed by atoms with Crippen LogP contribution < -0.4 is 15.5 Å². The van der Waals surface area contributed by atoms with Gasteiger partial charge in [-0.15, -0.1) is 0 Å². The van der Waals surface area contributed by atoms with E-state index in [-0.39, 0.29) is 6.03 Å². The lowest BCUT2D eigenvalue weighted by atomic mass is 9.86. The van der Waals surface area contributed by atoms with E-state index < -0.39 is 12.1 Å². The Morgan fingerprint density at radius 1 is 1.29 bits per heavy atom. The number of nitrogens with zero attached hydrogens (tertiary/aromatic N) is 2. The van der Waals surface area contributed by atoms with Crippen molar-refractivity contribution in [1.29, 1.82) is 0 Å². The summed E-state index contributed by atoms with van der Waals surface area (Å²) in [4.78, 5) is 18.4. The van der Waals surface area contributed by atoms with Gasteiger partial charge in [0.2, 0.25) is 0 Å². The highest BCUT2D eigenvalue weighted by Gasteiger charge is 2.29. The Hall–Kier alpha value is -2.60. The molecule has 0 spiro atoms. The van der Waals surface area contributed by atoms with Crippen molar-refractivity contribution in [3.63, 3.8) is 0 Å². The van der Waals surface area contributed by atoms with Gasteiger partial charge in [-0.25, -0.2) is 4.79 Å². The molecule has 0 bridgehead atoms. The standard InChI is InChI=1S/C18H22N4O2/c1-22(2)14-9-13(10-19-11-14)20-18(24)21-17-15-6-4-3-5-12(15)7-8-16(17)23/h3-6,9-11,16-17,23H,7-8H2,1-2H3,(H2,20,21,24)/t16-,17+/m1/s1. The van der Waals surface area contributed by atoms with Gasteiger partial charge in [-0.2, -0.15) is 0 Å². The zero-order valence-corrected chi connectivity index (χ0v) is 13.9. The first kappa shape index (κ1) is 16.3. The van der Waals surface area contributed by atoms with Gasteiger partial charge in [0.1, 0.15) is 0 Å². The number of carbonyl (C=O) groups is 1. The van der Waals surface area contributed by atoms with E-state index in [1.54, 1.807) is 12.4 Å². The molecule has 2 aromatic rings. The fourth-order valence-electron chi connectivity index (χ4n) is 2.97. The van der Waals surface area contributed by atoms with Crippen LogP contribution in [0.25, 0.3) is 0 Å². The molecular weight excluding hydrogens is 304 g/mol. The van der Waals surface area contributed by atoms with Crippen LogP contribution in [0.2, 0.25) is 0 Å². The number of aliphatic hydroxyl groups is 1. The maximum atomic E-state index is 12.3. The normalized spacial score (nSPS) is 19.3. The van der Waals surface area contributed by atoms with Crippen molar-refractivity contribution in [3.05, 3.63) is 53.9 Å². The van der Waals surface area contributed by atoms with Gasteiger partial charge in [-0.1, -0.05) is 24.3 Å². The molecule has 1 aromatic carbocycles. The Balaban J connectivity index is 1.72. The van der Waals surface area contributed by atoms with Crippen LogP contribution in [-0.2, 0) is 6.42 Å². The summed E-state index contributed by atoms with van der Waals surface area (Å²) in [5, 5.41) is 16.0. The van der Waals surface area contributed by atoms with Crippen molar-refractivity contribution in [3.8, 4) is 0 Å². The maximum Gasteiger partial charge on any atom is 0.319 e. The second-order valence-corrected chi connectivity index (χ2v) is 6.21. The van der Waals surface area contributed by atoms with E-state index in [9.17, 15) is 9.90 Å². The van der Waals surface area contributed by atoms with Crippen LogP contribution in [0.3, 0.4) is 0 Å². The van der Waals surface area contributed by atoms with E-state index in [2.05, 4.69) is 15.6 Å². The Bertz CT molecular complexity index is 732. The summed E-state index contributed by atoms with van der Waals surface area (Å²) >= 11 is 0. The molecule has 0 radical (unpaired) electrons. The highest BCUT2D eigenvalue weighted by molar-refractivity contribution is 5.90. The lowest BCUT2D eigenvalue weighted by molar-refractivity contribution is 0.115. The van der Waals surface area contributed by atoms with Crippen LogP contribution in [0.1, 0.15) is 23.6 Å². The first-order valence-electron chi connectivity index (χ1n) is 8.00. The molecule has 24 heavy (non-hydrogen) atoms. The number of aromatic nitrogens is 1. The highest BCUT2D eigenvalue weighted by Crippen LogP contribution is 2.30. The Morgan fingerprint density at radius 3 is 2.88 bits per heavy atom. The number of nitrogens with one attached hydrogen (secondary N) is 2. The molecule has 126 valence electrons. The molecule has 0 aliphatic heterocycles. The topological polar surface area (TPSA) is 77.5 Å². The average molecular weight is 326 g/mol. The molecule has 0 saturated heterocycles. The third-order valence-corrected chi connectivity index (χ3v) is 4.27. The number of hydrogen-bond acceptors (Lipinski definition) is 4. The first-order chi connectivity index (χ1) is 11.5. The van der Waals surface area contributed by atoms with Crippen LogP contribution in [0.5, 0.6) is 0 Å². The molecule has 6 heteroatoms. The molecule has 1 heterocycles. The number of amides is 2. The summed E-state index contributed by atoms with van der Waals surface area (Å²) in [6.07, 6.45) is 4.20. The number of urea groups is 1. The third-order valence-electron chi connectivity index (χ3n) is 4.27. The third kappa shape index (κ3) is 3.49. The van der Waals surface area contributed by atoms with Gasteiger partial charge in [-0.05, 0) is 30.0 Å². The van der Waals surface area contributed by atoms with Crippen molar-refractivity contribution in [2.24, 2.45) is 0 Å². The van der Waals surface area contributed by atoms with E-state index >= 15 is 0 Å². The van der Waals surface area contributed by atoms with Crippen LogP contribution in [0.15, 0.2) is 42.7 Å². The van der Waals surface area contributed by atoms with Crippen molar-refractivity contribution < 1.29 is 9.90 Å². The number of hydrogen-bond donors (Lipinski definition) is 3. The number of aliphatic hydroxyl groups excluding tert-OH is 1. The van der Waals surface area contributed by atoms with Crippen LogP contribution in [0.4, 0.5) is 16.2 Å². The first-order valence-corrected chi connectivity index (χ1v) is 8.00. The predicted octanol–water partition coefficient (Wildman–Crippen LogP) is 2.32. The van der Waals surface area contributed by atoms with Crippen molar-refractivity contribution in [2.75, 3.05) is 24.3 Å². The molecule has 1 aliphatic rings. The molecule has 0 saturated carbocycles. The van der Waals surface area contributed by atoms with E-state index in [0.29, 0.717) is 12.1 Å². The summed E-state index contributed by atoms with van der Waals surface area (Å²) in [6, 6.07) is 8.99. The van der Waals surface area contributed by atoms with Crippen LogP contribution in [0, 0.1) is 0 Å². The van der Waals surface area contributed by atoms with Gasteiger partial charge in [0.05, 0.1) is 35.9 Å². The van der Waals surface area contributed by atoms with E-state index in [4.69, 9.17) is 0 Å². The molecule has 1 aliphatic carbocycles. The number of fused-ring (bicyclic) bond motifs is 1. The summed E-state index contributed by atoms with van der Waals surface area (Å²) in [7, 11) is 3.83. The number of aryl methyl sites for hydroxylation is 1. The fourth-order valence-corrected chi connectivity index (χ4v) is 2.97. The number of rotatable bonds is 3. The molecule has 0 unspecified atom stereocenters. The minimum atomic E-state index is -0.586. The van der Waals surface area contributed by atoms with Gasteiger partial charge >= 0.3 is 6.03 Å². The number of anilines is 2.